The van der Waals surface area contributed by atoms with E-state index >= 15 is 0 Å². The van der Waals surface area contributed by atoms with E-state index in [-0.39, 0.29) is 17.9 Å². The number of likely N-dealkylation sites (tertiary alicyclic amines) is 1. The number of hydrogen-bond donors (Lipinski definition) is 1. The molecule has 4 heteroatoms. The Labute approximate surface area is 134 Å². The Kier molecular flexibility index (Phi) is 6.97. The topological polar surface area (TPSA) is 45.5 Å². The molecule has 0 spiro atoms. The highest BCUT2D eigenvalue weighted by Gasteiger charge is 2.25. The third-order valence-electron chi connectivity index (χ3n) is 4.78. The summed E-state index contributed by atoms with van der Waals surface area (Å²) in [5.41, 5.74) is 0. The Morgan fingerprint density at radius 2 is 1.91 bits per heavy atom. The molecule has 0 radical (unpaired) electrons. The zero-order valence-electron chi connectivity index (χ0n) is 14.0. The van der Waals surface area contributed by atoms with Crippen molar-refractivity contribution in [1.82, 2.24) is 10.2 Å². The number of furan rings is 1. The Hall–Kier alpha value is -1.29. The summed E-state index contributed by atoms with van der Waals surface area (Å²) in [5.74, 6) is 1.27. The smallest absolute Gasteiger partial charge is 0.223 e. The summed E-state index contributed by atoms with van der Waals surface area (Å²) in [6.07, 6.45) is 8.61. The second-order valence-corrected chi connectivity index (χ2v) is 6.24. The van der Waals surface area contributed by atoms with E-state index in [1.165, 1.54) is 25.7 Å². The molecular weight excluding hydrogens is 276 g/mol. The number of rotatable bonds is 7. The Balaban J connectivity index is 2.00. The van der Waals surface area contributed by atoms with Crippen LogP contribution in [0.2, 0.25) is 0 Å². The van der Waals surface area contributed by atoms with Crippen molar-refractivity contribution in [2.45, 2.75) is 58.4 Å². The van der Waals surface area contributed by atoms with Crippen molar-refractivity contribution < 1.29 is 9.21 Å². The molecule has 1 aliphatic heterocycles. The fourth-order valence-corrected chi connectivity index (χ4v) is 3.30. The molecule has 1 saturated heterocycles. The molecule has 2 heterocycles. The maximum Gasteiger partial charge on any atom is 0.223 e. The van der Waals surface area contributed by atoms with Crippen LogP contribution < -0.4 is 5.32 Å². The quantitative estimate of drug-likeness (QED) is 0.834. The van der Waals surface area contributed by atoms with E-state index in [4.69, 9.17) is 4.42 Å². The van der Waals surface area contributed by atoms with Crippen LogP contribution >= 0.6 is 0 Å². The second kappa shape index (κ2) is 8.99. The van der Waals surface area contributed by atoms with Gasteiger partial charge >= 0.3 is 0 Å². The molecule has 1 aromatic rings. The van der Waals surface area contributed by atoms with Gasteiger partial charge in [0, 0.05) is 12.5 Å². The van der Waals surface area contributed by atoms with Crippen molar-refractivity contribution in [3.8, 4) is 0 Å². The first-order valence-electron chi connectivity index (χ1n) is 8.81. The molecule has 1 N–H and O–H groups in total. The van der Waals surface area contributed by atoms with Gasteiger partial charge in [0.25, 0.3) is 0 Å². The van der Waals surface area contributed by atoms with Crippen molar-refractivity contribution in [3.05, 3.63) is 24.2 Å². The van der Waals surface area contributed by atoms with Crippen molar-refractivity contribution in [2.24, 2.45) is 5.92 Å². The molecule has 124 valence electrons. The van der Waals surface area contributed by atoms with Gasteiger partial charge in [-0.25, -0.2) is 0 Å². The summed E-state index contributed by atoms with van der Waals surface area (Å²) in [7, 11) is 0. The van der Waals surface area contributed by atoms with Crippen LogP contribution in [0.4, 0.5) is 0 Å². The molecule has 1 fully saturated rings. The number of nitrogens with zero attached hydrogens (tertiary/aromatic N) is 1. The third kappa shape index (κ3) is 4.60. The molecule has 4 nitrogen and oxygen atoms in total. The number of carbonyl (C=O) groups excluding carboxylic acids is 1. The number of hydrogen-bond acceptors (Lipinski definition) is 3. The van der Waals surface area contributed by atoms with Crippen LogP contribution in [0.5, 0.6) is 0 Å². The van der Waals surface area contributed by atoms with E-state index < -0.39 is 0 Å². The largest absolute Gasteiger partial charge is 0.468 e. The maximum atomic E-state index is 12.3. The van der Waals surface area contributed by atoms with Crippen LogP contribution in [0.15, 0.2) is 22.8 Å². The molecule has 22 heavy (non-hydrogen) atoms. The van der Waals surface area contributed by atoms with Gasteiger partial charge in [-0.05, 0) is 50.9 Å². The summed E-state index contributed by atoms with van der Waals surface area (Å²) in [4.78, 5) is 14.7. The number of carbonyl (C=O) groups is 1. The SMILES string of the molecule is CCC(CC)C(=O)NCC(c1ccco1)N1CCCCCC1. The van der Waals surface area contributed by atoms with E-state index in [1.807, 2.05) is 12.1 Å². The minimum atomic E-state index is 0.126. The van der Waals surface area contributed by atoms with Gasteiger partial charge in [-0.1, -0.05) is 26.7 Å². The average molecular weight is 306 g/mol. The van der Waals surface area contributed by atoms with Crippen molar-refractivity contribution in [3.63, 3.8) is 0 Å². The Bertz CT molecular complexity index is 418. The zero-order valence-corrected chi connectivity index (χ0v) is 14.0. The number of nitrogens with one attached hydrogen (secondary N) is 1. The predicted octanol–water partition coefficient (Wildman–Crippen LogP) is 3.75. The van der Waals surface area contributed by atoms with Crippen molar-refractivity contribution in [2.75, 3.05) is 19.6 Å². The normalized spacial score (nSPS) is 18.1. The van der Waals surface area contributed by atoms with Crippen LogP contribution in [0.3, 0.4) is 0 Å². The maximum absolute atomic E-state index is 12.3. The van der Waals surface area contributed by atoms with Gasteiger partial charge in [-0.3, -0.25) is 9.69 Å². The summed E-state index contributed by atoms with van der Waals surface area (Å²) in [6, 6.07) is 4.12. The summed E-state index contributed by atoms with van der Waals surface area (Å²) in [6.45, 7) is 6.97. The standard InChI is InChI=1S/C18H30N2O2/c1-3-15(4-2)18(21)19-14-16(17-10-9-13-22-17)20-11-7-5-6-8-12-20/h9-10,13,15-16H,3-8,11-12,14H2,1-2H3,(H,19,21). The van der Waals surface area contributed by atoms with Crippen LogP contribution in [0, 0.1) is 5.92 Å². The molecule has 0 aromatic carbocycles. The summed E-state index contributed by atoms with van der Waals surface area (Å²) >= 11 is 0. The lowest BCUT2D eigenvalue weighted by atomic mass is 10.0. The van der Waals surface area contributed by atoms with Crippen LogP contribution in [-0.2, 0) is 4.79 Å². The molecule has 1 unspecified atom stereocenters. The highest BCUT2D eigenvalue weighted by molar-refractivity contribution is 5.78. The van der Waals surface area contributed by atoms with Gasteiger partial charge in [0.1, 0.15) is 5.76 Å². The van der Waals surface area contributed by atoms with E-state index in [0.29, 0.717) is 6.54 Å². The van der Waals surface area contributed by atoms with Crippen LogP contribution in [0.1, 0.15) is 64.2 Å². The predicted molar refractivity (Wildman–Crippen MR) is 88.6 cm³/mol. The molecule has 1 amide bonds. The van der Waals surface area contributed by atoms with Crippen LogP contribution in [-0.4, -0.2) is 30.4 Å². The first-order chi connectivity index (χ1) is 10.8. The zero-order chi connectivity index (χ0) is 15.8. The van der Waals surface area contributed by atoms with E-state index in [9.17, 15) is 4.79 Å². The van der Waals surface area contributed by atoms with E-state index in [0.717, 1.165) is 31.7 Å². The lowest BCUT2D eigenvalue weighted by Crippen LogP contribution is -2.40. The minimum Gasteiger partial charge on any atom is -0.468 e. The summed E-state index contributed by atoms with van der Waals surface area (Å²) in [5, 5.41) is 3.15. The fraction of sp³-hybridized carbons (Fsp3) is 0.722. The second-order valence-electron chi connectivity index (χ2n) is 6.24. The average Bonchev–Trinajstić information content (AvgIpc) is 2.92. The molecule has 0 aliphatic carbocycles. The first-order valence-corrected chi connectivity index (χ1v) is 8.81. The molecule has 1 aliphatic rings. The Morgan fingerprint density at radius 1 is 1.23 bits per heavy atom. The van der Waals surface area contributed by atoms with E-state index in [2.05, 4.69) is 24.1 Å². The van der Waals surface area contributed by atoms with Crippen LogP contribution in [0.25, 0.3) is 0 Å². The molecule has 1 atom stereocenters. The molecule has 0 saturated carbocycles. The fourth-order valence-electron chi connectivity index (χ4n) is 3.30. The molecule has 1 aromatic heterocycles. The molecule has 0 bridgehead atoms. The van der Waals surface area contributed by atoms with Gasteiger partial charge in [0.05, 0.1) is 12.3 Å². The molecular formula is C18H30N2O2. The van der Waals surface area contributed by atoms with Gasteiger partial charge in [0.2, 0.25) is 5.91 Å². The highest BCUT2D eigenvalue weighted by Crippen LogP contribution is 2.24. The lowest BCUT2D eigenvalue weighted by Gasteiger charge is -2.29. The van der Waals surface area contributed by atoms with Crippen molar-refractivity contribution in [1.29, 1.82) is 0 Å². The van der Waals surface area contributed by atoms with Crippen molar-refractivity contribution >= 4 is 5.91 Å². The van der Waals surface area contributed by atoms with Gasteiger partial charge < -0.3 is 9.73 Å². The number of amides is 1. The monoisotopic (exact) mass is 306 g/mol. The van der Waals surface area contributed by atoms with E-state index in [1.54, 1.807) is 6.26 Å². The highest BCUT2D eigenvalue weighted by atomic mass is 16.3. The lowest BCUT2D eigenvalue weighted by molar-refractivity contribution is -0.125. The minimum absolute atomic E-state index is 0.126. The Morgan fingerprint density at radius 3 is 2.45 bits per heavy atom. The third-order valence-corrected chi connectivity index (χ3v) is 4.78. The van der Waals surface area contributed by atoms with Gasteiger partial charge in [-0.15, -0.1) is 0 Å². The van der Waals surface area contributed by atoms with Gasteiger partial charge in [-0.2, -0.15) is 0 Å². The summed E-state index contributed by atoms with van der Waals surface area (Å²) < 4.78 is 5.64. The molecule has 2 rings (SSSR count). The first kappa shape index (κ1) is 17.1. The van der Waals surface area contributed by atoms with Gasteiger partial charge in [0.15, 0.2) is 0 Å².